The molecule has 2 aromatic carbocycles. The number of hydrogen-bond acceptors (Lipinski definition) is 5. The van der Waals surface area contributed by atoms with E-state index in [1.54, 1.807) is 0 Å². The second kappa shape index (κ2) is 8.99. The number of urea groups is 1. The smallest absolute Gasteiger partial charge is 0.319 e. The number of benzene rings is 2. The highest BCUT2D eigenvalue weighted by Gasteiger charge is 2.41. The number of halogens is 3. The molecule has 0 aromatic heterocycles. The van der Waals surface area contributed by atoms with Gasteiger partial charge in [0.2, 0.25) is 11.8 Å². The van der Waals surface area contributed by atoms with Crippen LogP contribution in [0, 0.1) is 11.6 Å². The van der Waals surface area contributed by atoms with Crippen LogP contribution in [0.2, 0.25) is 5.02 Å². The van der Waals surface area contributed by atoms with Crippen molar-refractivity contribution in [3.05, 3.63) is 52.0 Å². The maximum absolute atomic E-state index is 15.4. The molecule has 2 saturated heterocycles. The number of carbonyl (C=O) groups excluding carboxylic acids is 3. The molecular formula is C24H23ClF2N4O4. The van der Waals surface area contributed by atoms with Crippen LogP contribution in [0.1, 0.15) is 36.8 Å². The lowest BCUT2D eigenvalue weighted by molar-refractivity contribution is -0.134. The van der Waals surface area contributed by atoms with E-state index in [-0.39, 0.29) is 41.5 Å². The van der Waals surface area contributed by atoms with Crippen molar-refractivity contribution in [2.24, 2.45) is 0 Å². The zero-order valence-electron chi connectivity index (χ0n) is 18.8. The number of rotatable bonds is 4. The van der Waals surface area contributed by atoms with Crippen molar-refractivity contribution >= 4 is 40.8 Å². The summed E-state index contributed by atoms with van der Waals surface area (Å²) in [5.41, 5.74) is 1.50. The van der Waals surface area contributed by atoms with E-state index in [2.05, 4.69) is 16.0 Å². The van der Waals surface area contributed by atoms with Gasteiger partial charge in [-0.2, -0.15) is 0 Å². The second-order valence-electron chi connectivity index (χ2n) is 8.92. The molecular weight excluding hydrogens is 482 g/mol. The zero-order valence-corrected chi connectivity index (χ0v) is 19.5. The lowest BCUT2D eigenvalue weighted by Crippen LogP contribution is -2.66. The van der Waals surface area contributed by atoms with Crippen molar-refractivity contribution in [2.75, 3.05) is 23.4 Å². The van der Waals surface area contributed by atoms with Gasteiger partial charge >= 0.3 is 6.03 Å². The van der Waals surface area contributed by atoms with Gasteiger partial charge in [0.25, 0.3) is 0 Å². The van der Waals surface area contributed by atoms with Crippen molar-refractivity contribution in [2.45, 2.75) is 44.2 Å². The predicted octanol–water partition coefficient (Wildman–Crippen LogP) is 3.47. The number of imide groups is 1. The molecule has 3 atom stereocenters. The van der Waals surface area contributed by atoms with Crippen molar-refractivity contribution in [1.29, 1.82) is 0 Å². The fraction of sp³-hybridized carbons (Fsp3) is 0.375. The normalized spacial score (nSPS) is 23.2. The average Bonchev–Trinajstić information content (AvgIpc) is 3.28. The zero-order chi connectivity index (χ0) is 24.9. The molecule has 0 saturated carbocycles. The minimum atomic E-state index is -0.739. The minimum Gasteiger partial charge on any atom is -0.491 e. The Morgan fingerprint density at radius 1 is 1.20 bits per heavy atom. The summed E-state index contributed by atoms with van der Waals surface area (Å²) >= 11 is 5.74. The largest absolute Gasteiger partial charge is 0.491 e. The SMILES string of the molecule is C[C@@H]1[C@H](NC(=O)Nc2ccc(Cl)cc2F)CN1c1cc(F)c([C@H]2CCC(=O)NC2=O)c2c1OCC2. The number of nitrogens with zero attached hydrogens (tertiary/aromatic N) is 1. The van der Waals surface area contributed by atoms with Gasteiger partial charge in [-0.1, -0.05) is 11.6 Å². The summed E-state index contributed by atoms with van der Waals surface area (Å²) in [7, 11) is 0. The van der Waals surface area contributed by atoms with Crippen molar-refractivity contribution < 1.29 is 27.9 Å². The molecule has 3 N–H and O–H groups in total. The number of piperidine rings is 1. The van der Waals surface area contributed by atoms with E-state index < -0.39 is 29.5 Å². The van der Waals surface area contributed by atoms with Crippen LogP contribution in [-0.4, -0.2) is 43.1 Å². The molecule has 4 amide bonds. The van der Waals surface area contributed by atoms with Crippen LogP contribution in [-0.2, 0) is 16.0 Å². The predicted molar refractivity (Wildman–Crippen MR) is 125 cm³/mol. The van der Waals surface area contributed by atoms with Gasteiger partial charge in [-0.05, 0) is 31.5 Å². The van der Waals surface area contributed by atoms with E-state index >= 15 is 4.39 Å². The van der Waals surface area contributed by atoms with Crippen molar-refractivity contribution in [3.63, 3.8) is 0 Å². The van der Waals surface area contributed by atoms with Gasteiger partial charge in [0.15, 0.2) is 0 Å². The van der Waals surface area contributed by atoms with E-state index in [0.717, 1.165) is 6.07 Å². The van der Waals surface area contributed by atoms with Gasteiger partial charge in [0, 0.05) is 47.6 Å². The fourth-order valence-electron chi connectivity index (χ4n) is 4.92. The summed E-state index contributed by atoms with van der Waals surface area (Å²) in [4.78, 5) is 38.2. The van der Waals surface area contributed by atoms with Gasteiger partial charge in [-0.25, -0.2) is 13.6 Å². The van der Waals surface area contributed by atoms with Crippen molar-refractivity contribution in [1.82, 2.24) is 10.6 Å². The van der Waals surface area contributed by atoms with E-state index in [9.17, 15) is 18.8 Å². The third-order valence-corrected chi connectivity index (χ3v) is 7.05. The van der Waals surface area contributed by atoms with Crippen LogP contribution >= 0.6 is 11.6 Å². The number of amides is 4. The summed E-state index contributed by atoms with van der Waals surface area (Å²) in [5.74, 6) is -2.21. The first-order valence-corrected chi connectivity index (χ1v) is 11.7. The van der Waals surface area contributed by atoms with Crippen LogP contribution in [0.3, 0.4) is 0 Å². The number of carbonyl (C=O) groups is 3. The molecule has 0 radical (unpaired) electrons. The summed E-state index contributed by atoms with van der Waals surface area (Å²) in [6, 6.07) is 4.30. The second-order valence-corrected chi connectivity index (χ2v) is 9.36. The molecule has 3 heterocycles. The monoisotopic (exact) mass is 504 g/mol. The van der Waals surface area contributed by atoms with E-state index in [1.807, 2.05) is 11.8 Å². The Bertz CT molecular complexity index is 1240. The third-order valence-electron chi connectivity index (χ3n) is 6.81. The summed E-state index contributed by atoms with van der Waals surface area (Å²) in [6.07, 6.45) is 0.876. The van der Waals surface area contributed by atoms with E-state index in [0.29, 0.717) is 42.1 Å². The molecule has 2 aromatic rings. The Balaban J connectivity index is 1.30. The molecule has 0 bridgehead atoms. The Labute approximate surface area is 204 Å². The maximum atomic E-state index is 15.4. The van der Waals surface area contributed by atoms with E-state index in [4.69, 9.17) is 16.3 Å². The van der Waals surface area contributed by atoms with Crippen LogP contribution in [0.5, 0.6) is 5.75 Å². The Kier molecular flexibility index (Phi) is 6.00. The first-order valence-electron chi connectivity index (χ1n) is 11.3. The first-order chi connectivity index (χ1) is 16.7. The van der Waals surface area contributed by atoms with Crippen LogP contribution in [0.15, 0.2) is 24.3 Å². The number of hydrogen-bond donors (Lipinski definition) is 3. The van der Waals surface area contributed by atoms with Crippen LogP contribution in [0.4, 0.5) is 25.0 Å². The van der Waals surface area contributed by atoms with Crippen LogP contribution in [0.25, 0.3) is 0 Å². The van der Waals surface area contributed by atoms with E-state index in [1.165, 1.54) is 18.2 Å². The third kappa shape index (κ3) is 4.27. The molecule has 3 aliphatic heterocycles. The van der Waals surface area contributed by atoms with Gasteiger partial charge in [0.05, 0.1) is 29.9 Å². The van der Waals surface area contributed by atoms with Gasteiger partial charge in [0.1, 0.15) is 17.4 Å². The molecule has 11 heteroatoms. The van der Waals surface area contributed by atoms with Gasteiger partial charge in [-0.3, -0.25) is 14.9 Å². The quantitative estimate of drug-likeness (QED) is 0.554. The topological polar surface area (TPSA) is 99.8 Å². The highest BCUT2D eigenvalue weighted by atomic mass is 35.5. The average molecular weight is 505 g/mol. The molecule has 2 fully saturated rings. The number of anilines is 2. The molecule has 0 spiro atoms. The Morgan fingerprint density at radius 3 is 2.71 bits per heavy atom. The Hall–Kier alpha value is -3.40. The lowest BCUT2D eigenvalue weighted by Gasteiger charge is -2.48. The summed E-state index contributed by atoms with van der Waals surface area (Å²) in [5, 5.41) is 7.78. The molecule has 35 heavy (non-hydrogen) atoms. The minimum absolute atomic E-state index is 0.00746. The lowest BCUT2D eigenvalue weighted by atomic mass is 9.85. The molecule has 3 aliphatic rings. The number of nitrogens with one attached hydrogen (secondary N) is 3. The molecule has 0 aliphatic carbocycles. The first kappa shape index (κ1) is 23.3. The number of ether oxygens (including phenoxy) is 1. The maximum Gasteiger partial charge on any atom is 0.319 e. The van der Waals surface area contributed by atoms with Gasteiger partial charge in [-0.15, -0.1) is 0 Å². The molecule has 8 nitrogen and oxygen atoms in total. The molecule has 184 valence electrons. The summed E-state index contributed by atoms with van der Waals surface area (Å²) in [6.45, 7) is 2.64. The molecule has 5 rings (SSSR count). The number of fused-ring (bicyclic) bond motifs is 1. The summed E-state index contributed by atoms with van der Waals surface area (Å²) < 4.78 is 35.1. The highest BCUT2D eigenvalue weighted by molar-refractivity contribution is 6.30. The van der Waals surface area contributed by atoms with Crippen molar-refractivity contribution in [3.8, 4) is 5.75 Å². The highest BCUT2D eigenvalue weighted by Crippen LogP contribution is 2.46. The standard InChI is InChI=1S/C24H23ClF2N4O4/c1-11-18(29-24(34)28-17-4-2-12(25)8-15(17)26)10-31(11)19-9-16(27)21(13-6-7-35-22(13)19)14-3-5-20(32)30-23(14)33/h2,4,8-9,11,14,18H,3,5-7,10H2,1H3,(H2,28,29,34)(H,30,32,33)/t11-,14-,18-/m1/s1. The Morgan fingerprint density at radius 2 is 2.00 bits per heavy atom. The fourth-order valence-corrected chi connectivity index (χ4v) is 5.08. The molecule has 0 unspecified atom stereocenters. The van der Waals surface area contributed by atoms with Gasteiger partial charge < -0.3 is 20.3 Å². The van der Waals surface area contributed by atoms with Crippen LogP contribution < -0.4 is 25.6 Å².